The number of rotatable bonds is 13. The molecule has 0 spiro atoms. The fourth-order valence-electron chi connectivity index (χ4n) is 4.10. The maximum atomic E-state index is 11.7. The summed E-state index contributed by atoms with van der Waals surface area (Å²) >= 11 is 0. The first-order valence-electron chi connectivity index (χ1n) is 12.2. The van der Waals surface area contributed by atoms with E-state index >= 15 is 0 Å². The Morgan fingerprint density at radius 3 is 2.50 bits per heavy atom. The van der Waals surface area contributed by atoms with Crippen LogP contribution in [0.1, 0.15) is 44.1 Å². The van der Waals surface area contributed by atoms with E-state index in [4.69, 9.17) is 19.2 Å². The number of benzene rings is 2. The third-order valence-corrected chi connectivity index (χ3v) is 5.78. The molecule has 0 fully saturated rings. The van der Waals surface area contributed by atoms with E-state index in [1.54, 1.807) is 6.92 Å². The fourth-order valence-corrected chi connectivity index (χ4v) is 4.10. The van der Waals surface area contributed by atoms with Gasteiger partial charge in [-0.05, 0) is 63.5 Å². The molecule has 0 amide bonds. The van der Waals surface area contributed by atoms with Crippen molar-refractivity contribution in [3.63, 3.8) is 0 Å². The van der Waals surface area contributed by atoms with Crippen LogP contribution in [0.2, 0.25) is 0 Å². The second-order valence-electron chi connectivity index (χ2n) is 8.36. The Morgan fingerprint density at radius 2 is 1.82 bits per heavy atom. The van der Waals surface area contributed by atoms with Gasteiger partial charge in [0.15, 0.2) is 6.61 Å². The van der Waals surface area contributed by atoms with Gasteiger partial charge >= 0.3 is 5.97 Å². The molecule has 0 unspecified atom stereocenters. The number of aromatic nitrogens is 2. The number of ether oxygens (including phenoxy) is 3. The summed E-state index contributed by atoms with van der Waals surface area (Å²) in [6.45, 7) is 14.5. The van der Waals surface area contributed by atoms with Crippen molar-refractivity contribution in [3.8, 4) is 11.5 Å². The van der Waals surface area contributed by atoms with E-state index in [-0.39, 0.29) is 12.6 Å². The first-order valence-corrected chi connectivity index (χ1v) is 12.2. The van der Waals surface area contributed by atoms with E-state index in [1.165, 1.54) is 0 Å². The second kappa shape index (κ2) is 12.4. The summed E-state index contributed by atoms with van der Waals surface area (Å²) < 4.78 is 19.0. The monoisotopic (exact) mass is 467 g/mol. The van der Waals surface area contributed by atoms with Gasteiger partial charge in [0.05, 0.1) is 30.7 Å². The number of para-hydroxylation sites is 1. The van der Waals surface area contributed by atoms with Crippen LogP contribution in [0.25, 0.3) is 11.0 Å². The number of nitrogens with zero attached hydrogens (tertiary/aromatic N) is 3. The number of esters is 1. The van der Waals surface area contributed by atoms with Crippen LogP contribution in [0.15, 0.2) is 36.4 Å². The highest BCUT2D eigenvalue weighted by atomic mass is 16.6. The quantitative estimate of drug-likeness (QED) is 0.333. The molecule has 0 saturated heterocycles. The van der Waals surface area contributed by atoms with Crippen LogP contribution in [0, 0.1) is 13.8 Å². The molecule has 0 atom stereocenters. The smallest absolute Gasteiger partial charge is 0.344 e. The number of carbonyl (C=O) groups excluding carboxylic acids is 1. The standard InChI is InChI=1S/C27H37N3O4/c1-6-14-29(7-2)18-25-28-23-17-22(34-19-26(31)32-8-3)12-13-24(23)30(25)15-16-33-27-20(4)10-9-11-21(27)5/h9-13,17H,6-8,14-16,18-19H2,1-5H3. The first kappa shape index (κ1) is 25.6. The maximum Gasteiger partial charge on any atom is 0.344 e. The minimum atomic E-state index is -0.379. The molecule has 0 radical (unpaired) electrons. The lowest BCUT2D eigenvalue weighted by molar-refractivity contribution is -0.145. The van der Waals surface area contributed by atoms with Gasteiger partial charge in [-0.3, -0.25) is 4.90 Å². The van der Waals surface area contributed by atoms with Gasteiger partial charge in [0.2, 0.25) is 0 Å². The predicted octanol–water partition coefficient (Wildman–Crippen LogP) is 4.91. The molecule has 1 aromatic heterocycles. The first-order chi connectivity index (χ1) is 16.5. The molecule has 0 saturated carbocycles. The third kappa shape index (κ3) is 6.50. The van der Waals surface area contributed by atoms with Crippen molar-refractivity contribution in [1.29, 1.82) is 0 Å². The van der Waals surface area contributed by atoms with Crippen molar-refractivity contribution < 1.29 is 19.0 Å². The second-order valence-corrected chi connectivity index (χ2v) is 8.36. The summed E-state index contributed by atoms with van der Waals surface area (Å²) in [5, 5.41) is 0. The summed E-state index contributed by atoms with van der Waals surface area (Å²) in [5.41, 5.74) is 4.14. The number of fused-ring (bicyclic) bond motifs is 1. The van der Waals surface area contributed by atoms with Crippen LogP contribution in [0.5, 0.6) is 11.5 Å². The Hall–Kier alpha value is -3.06. The topological polar surface area (TPSA) is 65.8 Å². The van der Waals surface area contributed by atoms with Crippen molar-refractivity contribution in [2.24, 2.45) is 0 Å². The molecule has 1 heterocycles. The molecular weight excluding hydrogens is 430 g/mol. The van der Waals surface area contributed by atoms with Crippen LogP contribution < -0.4 is 9.47 Å². The highest BCUT2D eigenvalue weighted by molar-refractivity contribution is 5.78. The van der Waals surface area contributed by atoms with Gasteiger partial charge in [-0.1, -0.05) is 32.0 Å². The predicted molar refractivity (Wildman–Crippen MR) is 135 cm³/mol. The van der Waals surface area contributed by atoms with Gasteiger partial charge in [0.1, 0.15) is 23.9 Å². The zero-order valence-corrected chi connectivity index (χ0v) is 21.1. The summed E-state index contributed by atoms with van der Waals surface area (Å²) in [7, 11) is 0. The van der Waals surface area contributed by atoms with E-state index in [0.29, 0.717) is 25.5 Å². The molecule has 3 rings (SSSR count). The molecule has 7 heteroatoms. The molecule has 2 aromatic carbocycles. The Bertz CT molecular complexity index is 1070. The molecule has 0 aliphatic heterocycles. The molecule has 7 nitrogen and oxygen atoms in total. The Balaban J connectivity index is 1.83. The average Bonchev–Trinajstić information content (AvgIpc) is 3.15. The summed E-state index contributed by atoms with van der Waals surface area (Å²) in [6.07, 6.45) is 1.09. The Kier molecular flexibility index (Phi) is 9.33. The molecule has 0 N–H and O–H groups in total. The minimum Gasteiger partial charge on any atom is -0.491 e. The summed E-state index contributed by atoms with van der Waals surface area (Å²) in [6, 6.07) is 12.0. The molecular formula is C27H37N3O4. The molecule has 0 aliphatic rings. The van der Waals surface area contributed by atoms with Crippen molar-refractivity contribution in [2.75, 3.05) is 32.9 Å². The SMILES string of the molecule is CCCN(CC)Cc1nc2cc(OCC(=O)OCC)ccc2n1CCOc1c(C)cccc1C. The zero-order valence-electron chi connectivity index (χ0n) is 21.1. The Labute approximate surface area is 202 Å². The maximum absolute atomic E-state index is 11.7. The molecule has 3 aromatic rings. The van der Waals surface area contributed by atoms with Crippen LogP contribution in [0.3, 0.4) is 0 Å². The van der Waals surface area contributed by atoms with Gasteiger partial charge in [-0.2, -0.15) is 0 Å². The van der Waals surface area contributed by atoms with Gasteiger partial charge in [-0.25, -0.2) is 9.78 Å². The lowest BCUT2D eigenvalue weighted by Gasteiger charge is -2.20. The number of imidazole rings is 1. The number of carbonyl (C=O) groups is 1. The van der Waals surface area contributed by atoms with Gasteiger partial charge < -0.3 is 18.8 Å². The lowest BCUT2D eigenvalue weighted by atomic mass is 10.1. The molecule has 0 bridgehead atoms. The van der Waals surface area contributed by atoms with Crippen molar-refractivity contribution in [1.82, 2.24) is 14.5 Å². The molecule has 34 heavy (non-hydrogen) atoms. The highest BCUT2D eigenvalue weighted by Crippen LogP contribution is 2.25. The van der Waals surface area contributed by atoms with Crippen molar-refractivity contribution >= 4 is 17.0 Å². The number of hydrogen-bond acceptors (Lipinski definition) is 6. The summed E-state index contributed by atoms with van der Waals surface area (Å²) in [4.78, 5) is 19.0. The normalized spacial score (nSPS) is 11.2. The van der Waals surface area contributed by atoms with Crippen molar-refractivity contribution in [3.05, 3.63) is 53.3 Å². The van der Waals surface area contributed by atoms with Crippen molar-refractivity contribution in [2.45, 2.75) is 54.1 Å². The highest BCUT2D eigenvalue weighted by Gasteiger charge is 2.15. The number of aryl methyl sites for hydroxylation is 2. The third-order valence-electron chi connectivity index (χ3n) is 5.78. The zero-order chi connectivity index (χ0) is 24.5. The van der Waals surface area contributed by atoms with Gasteiger partial charge in [0, 0.05) is 6.07 Å². The van der Waals surface area contributed by atoms with E-state index in [2.05, 4.69) is 49.3 Å². The lowest BCUT2D eigenvalue weighted by Crippen LogP contribution is -2.26. The molecule has 184 valence electrons. The minimum absolute atomic E-state index is 0.114. The summed E-state index contributed by atoms with van der Waals surface area (Å²) in [5.74, 6) is 2.17. The van der Waals surface area contributed by atoms with E-state index in [0.717, 1.165) is 59.8 Å². The molecule has 0 aliphatic carbocycles. The van der Waals surface area contributed by atoms with Crippen LogP contribution >= 0.6 is 0 Å². The van der Waals surface area contributed by atoms with E-state index in [1.807, 2.05) is 24.3 Å². The fraction of sp³-hybridized carbons (Fsp3) is 0.481. The van der Waals surface area contributed by atoms with Crippen LogP contribution in [-0.2, 0) is 22.6 Å². The van der Waals surface area contributed by atoms with Crippen LogP contribution in [-0.4, -0.2) is 53.3 Å². The van der Waals surface area contributed by atoms with Crippen LogP contribution in [0.4, 0.5) is 0 Å². The number of hydrogen-bond donors (Lipinski definition) is 0. The van der Waals surface area contributed by atoms with E-state index in [9.17, 15) is 4.79 Å². The van der Waals surface area contributed by atoms with E-state index < -0.39 is 0 Å². The van der Waals surface area contributed by atoms with Gasteiger partial charge in [-0.15, -0.1) is 0 Å². The average molecular weight is 468 g/mol. The Morgan fingerprint density at radius 1 is 1.06 bits per heavy atom. The van der Waals surface area contributed by atoms with Gasteiger partial charge in [0.25, 0.3) is 0 Å². The largest absolute Gasteiger partial charge is 0.491 e.